The standard InChI is InChI=1S/C15H15NO4S.Na.H/c1-15(9-21(18,19)20)12-8-7-10-5-3-4-6-11(10)13(12)16(2)14(15)17;;/h3-8H,9H2,1-2H3,(H,18,19,20);;. The van der Waals surface area contributed by atoms with Crippen molar-refractivity contribution in [2.75, 3.05) is 17.7 Å². The normalized spacial score (nSPS) is 20.9. The molecule has 0 aromatic heterocycles. The Kier molecular flexibility index (Phi) is 4.45. The van der Waals surface area contributed by atoms with E-state index in [1.165, 1.54) is 4.90 Å². The van der Waals surface area contributed by atoms with E-state index in [4.69, 9.17) is 0 Å². The van der Waals surface area contributed by atoms with Gasteiger partial charge in [0.05, 0.1) is 16.9 Å². The van der Waals surface area contributed by atoms with Gasteiger partial charge in [-0.05, 0) is 17.9 Å². The summed E-state index contributed by atoms with van der Waals surface area (Å²) in [6.45, 7) is 1.56. The van der Waals surface area contributed by atoms with Crippen LogP contribution in [0.25, 0.3) is 10.8 Å². The molecule has 1 amide bonds. The van der Waals surface area contributed by atoms with Crippen LogP contribution in [-0.2, 0) is 20.3 Å². The number of amides is 1. The van der Waals surface area contributed by atoms with Crippen molar-refractivity contribution in [2.24, 2.45) is 0 Å². The molecule has 2 aromatic carbocycles. The summed E-state index contributed by atoms with van der Waals surface area (Å²) in [4.78, 5) is 14.0. The second-order valence-electron chi connectivity index (χ2n) is 5.61. The molecule has 0 bridgehead atoms. The van der Waals surface area contributed by atoms with Crippen molar-refractivity contribution in [1.29, 1.82) is 0 Å². The van der Waals surface area contributed by atoms with Crippen molar-refractivity contribution in [3.63, 3.8) is 0 Å². The number of likely N-dealkylation sites (N-methyl/N-ethyl adjacent to an activating group) is 1. The van der Waals surface area contributed by atoms with E-state index in [1.54, 1.807) is 20.0 Å². The summed E-state index contributed by atoms with van der Waals surface area (Å²) in [5, 5.41) is 1.87. The van der Waals surface area contributed by atoms with Crippen LogP contribution in [0, 0.1) is 0 Å². The van der Waals surface area contributed by atoms with E-state index in [-0.39, 0.29) is 35.5 Å². The van der Waals surface area contributed by atoms with Crippen molar-refractivity contribution in [3.05, 3.63) is 42.0 Å². The SMILES string of the molecule is CN1C(=O)C(C)(CS(=O)(=O)O)c2ccc3ccccc3c21.[NaH]. The Balaban J connectivity index is 0.00000176. The number of anilines is 1. The van der Waals surface area contributed by atoms with Crippen molar-refractivity contribution in [2.45, 2.75) is 12.3 Å². The van der Waals surface area contributed by atoms with Gasteiger partial charge in [-0.2, -0.15) is 8.42 Å². The summed E-state index contributed by atoms with van der Waals surface area (Å²) in [6.07, 6.45) is 0. The van der Waals surface area contributed by atoms with Gasteiger partial charge < -0.3 is 4.90 Å². The van der Waals surface area contributed by atoms with E-state index < -0.39 is 21.3 Å². The van der Waals surface area contributed by atoms with Crippen LogP contribution in [0.15, 0.2) is 36.4 Å². The Hall–Kier alpha value is -0.920. The van der Waals surface area contributed by atoms with Gasteiger partial charge in [-0.25, -0.2) is 0 Å². The number of carbonyl (C=O) groups is 1. The third kappa shape index (κ3) is 2.59. The zero-order valence-corrected chi connectivity index (χ0v) is 12.5. The molecular formula is C15H16NNaO4S. The van der Waals surface area contributed by atoms with Gasteiger partial charge in [-0.3, -0.25) is 9.35 Å². The maximum atomic E-state index is 12.6. The Morgan fingerprint density at radius 2 is 1.82 bits per heavy atom. The van der Waals surface area contributed by atoms with Crippen LogP contribution in [-0.4, -0.2) is 61.2 Å². The van der Waals surface area contributed by atoms with Crippen molar-refractivity contribution < 1.29 is 17.8 Å². The Bertz CT molecular complexity index is 865. The molecule has 0 spiro atoms. The first-order chi connectivity index (χ1) is 9.74. The minimum absolute atomic E-state index is 0. The summed E-state index contributed by atoms with van der Waals surface area (Å²) in [5.41, 5.74) is 0.0809. The summed E-state index contributed by atoms with van der Waals surface area (Å²) >= 11 is 0. The van der Waals surface area contributed by atoms with E-state index >= 15 is 0 Å². The van der Waals surface area contributed by atoms with Gasteiger partial charge in [-0.1, -0.05) is 36.4 Å². The molecule has 5 nitrogen and oxygen atoms in total. The molecule has 0 fully saturated rings. The molecule has 1 heterocycles. The Morgan fingerprint density at radius 3 is 2.45 bits per heavy atom. The number of carbonyl (C=O) groups excluding carboxylic acids is 1. The van der Waals surface area contributed by atoms with Crippen LogP contribution < -0.4 is 4.90 Å². The van der Waals surface area contributed by atoms with Crippen LogP contribution >= 0.6 is 0 Å². The first kappa shape index (κ1) is 17.4. The molecule has 0 saturated heterocycles. The van der Waals surface area contributed by atoms with Gasteiger partial charge >= 0.3 is 29.6 Å². The van der Waals surface area contributed by atoms with Gasteiger partial charge in [0.2, 0.25) is 5.91 Å². The third-order valence-corrected chi connectivity index (χ3v) is 5.02. The fourth-order valence-corrected chi connectivity index (χ4v) is 4.16. The number of benzene rings is 2. The van der Waals surface area contributed by atoms with Crippen LogP contribution in [0.5, 0.6) is 0 Å². The molecule has 1 atom stereocenters. The molecule has 1 unspecified atom stereocenters. The van der Waals surface area contributed by atoms with E-state index in [2.05, 4.69) is 0 Å². The molecule has 2 aromatic rings. The number of hydrogen-bond donors (Lipinski definition) is 1. The van der Waals surface area contributed by atoms with E-state index in [9.17, 15) is 17.8 Å². The second kappa shape index (κ2) is 5.62. The quantitative estimate of drug-likeness (QED) is 0.666. The molecule has 1 aliphatic heterocycles. The fourth-order valence-electron chi connectivity index (χ4n) is 3.15. The molecular weight excluding hydrogens is 313 g/mol. The van der Waals surface area contributed by atoms with Gasteiger partial charge in [0.1, 0.15) is 0 Å². The summed E-state index contributed by atoms with van der Waals surface area (Å²) in [7, 11) is -2.64. The number of fused-ring (bicyclic) bond motifs is 3. The summed E-state index contributed by atoms with van der Waals surface area (Å²) in [5.74, 6) is -0.944. The summed E-state index contributed by atoms with van der Waals surface area (Å²) < 4.78 is 31.8. The monoisotopic (exact) mass is 329 g/mol. The van der Waals surface area contributed by atoms with Crippen LogP contribution in [0.1, 0.15) is 12.5 Å². The zero-order chi connectivity index (χ0) is 15.4. The minimum atomic E-state index is -4.27. The molecule has 0 saturated carbocycles. The molecule has 0 radical (unpaired) electrons. The van der Waals surface area contributed by atoms with Gasteiger partial charge in [0.25, 0.3) is 10.1 Å². The topological polar surface area (TPSA) is 74.7 Å². The second-order valence-corrected chi connectivity index (χ2v) is 7.06. The van der Waals surface area contributed by atoms with Crippen molar-refractivity contribution >= 4 is 62.0 Å². The van der Waals surface area contributed by atoms with Gasteiger partial charge in [0, 0.05) is 12.4 Å². The molecule has 1 N–H and O–H groups in total. The Morgan fingerprint density at radius 1 is 1.18 bits per heavy atom. The molecule has 7 heteroatoms. The average Bonchev–Trinajstić information content (AvgIpc) is 2.59. The van der Waals surface area contributed by atoms with Crippen LogP contribution in [0.4, 0.5) is 5.69 Å². The Labute approximate surface area is 151 Å². The first-order valence-electron chi connectivity index (χ1n) is 6.49. The van der Waals surface area contributed by atoms with Crippen molar-refractivity contribution in [1.82, 2.24) is 0 Å². The molecule has 3 rings (SSSR count). The zero-order valence-electron chi connectivity index (χ0n) is 11.7. The van der Waals surface area contributed by atoms with E-state index in [0.717, 1.165) is 10.8 Å². The maximum absolute atomic E-state index is 12.6. The number of hydrogen-bond acceptors (Lipinski definition) is 3. The fraction of sp³-hybridized carbons (Fsp3) is 0.267. The number of nitrogens with zero attached hydrogens (tertiary/aromatic N) is 1. The van der Waals surface area contributed by atoms with E-state index in [0.29, 0.717) is 11.3 Å². The molecule has 1 aliphatic rings. The van der Waals surface area contributed by atoms with Gasteiger partial charge in [0.15, 0.2) is 0 Å². The number of rotatable bonds is 2. The predicted octanol–water partition coefficient (Wildman–Crippen LogP) is 1.31. The summed E-state index contributed by atoms with van der Waals surface area (Å²) in [6, 6.07) is 11.2. The van der Waals surface area contributed by atoms with Gasteiger partial charge in [-0.15, -0.1) is 0 Å². The van der Waals surface area contributed by atoms with Crippen molar-refractivity contribution in [3.8, 4) is 0 Å². The molecule has 22 heavy (non-hydrogen) atoms. The third-order valence-electron chi connectivity index (χ3n) is 4.08. The van der Waals surface area contributed by atoms with E-state index in [1.807, 2.05) is 30.3 Å². The average molecular weight is 329 g/mol. The van der Waals surface area contributed by atoms with Crippen LogP contribution in [0.3, 0.4) is 0 Å². The van der Waals surface area contributed by atoms with Crippen LogP contribution in [0.2, 0.25) is 0 Å². The predicted molar refractivity (Wildman–Crippen MR) is 88.3 cm³/mol. The molecule has 0 aliphatic carbocycles. The molecule has 112 valence electrons. The first-order valence-corrected chi connectivity index (χ1v) is 8.10.